The molecule has 1 saturated heterocycles. The highest BCUT2D eigenvalue weighted by Crippen LogP contribution is 2.24. The molecule has 0 aliphatic carbocycles. The molecule has 3 heteroatoms. The third-order valence-electron chi connectivity index (χ3n) is 5.86. The molecule has 3 rings (SSSR count). The van der Waals surface area contributed by atoms with Crippen molar-refractivity contribution in [3.8, 4) is 0 Å². The second-order valence-corrected chi connectivity index (χ2v) is 8.15. The Morgan fingerprint density at radius 1 is 1.07 bits per heavy atom. The molecule has 2 aromatic rings. The minimum atomic E-state index is 0.0134. The first-order valence-corrected chi connectivity index (χ1v) is 10.1. The Morgan fingerprint density at radius 3 is 2.37 bits per heavy atom. The van der Waals surface area contributed by atoms with Crippen LogP contribution in [0, 0.1) is 19.8 Å². The lowest BCUT2D eigenvalue weighted by Crippen LogP contribution is -2.32. The van der Waals surface area contributed by atoms with Gasteiger partial charge >= 0.3 is 0 Å². The summed E-state index contributed by atoms with van der Waals surface area (Å²) in [5.74, 6) is 0.910. The molecule has 1 fully saturated rings. The molecular formula is C24H32N2O. The fraction of sp³-hybridized carbons (Fsp3) is 0.458. The molecule has 2 aromatic carbocycles. The van der Waals surface area contributed by atoms with Crippen LogP contribution in [-0.4, -0.2) is 19.0 Å². The predicted octanol–water partition coefficient (Wildman–Crippen LogP) is 4.96. The first-order valence-electron chi connectivity index (χ1n) is 10.1. The summed E-state index contributed by atoms with van der Waals surface area (Å²) in [5, 5.41) is 3.13. The molecule has 0 aromatic heterocycles. The second kappa shape index (κ2) is 8.60. The smallest absolute Gasteiger partial charge is 0.224 e. The number of carbonyl (C=O) groups excluding carboxylic acids is 1. The van der Waals surface area contributed by atoms with Crippen molar-refractivity contribution in [3.05, 3.63) is 64.7 Å². The van der Waals surface area contributed by atoms with Gasteiger partial charge in [-0.3, -0.25) is 4.79 Å². The van der Waals surface area contributed by atoms with E-state index in [1.54, 1.807) is 0 Å². The Hall–Kier alpha value is -2.29. The van der Waals surface area contributed by atoms with Crippen LogP contribution in [0.25, 0.3) is 0 Å². The van der Waals surface area contributed by atoms with Crippen LogP contribution in [0.2, 0.25) is 0 Å². The van der Waals surface area contributed by atoms with E-state index in [1.807, 2.05) is 6.07 Å². The van der Waals surface area contributed by atoms with Crippen molar-refractivity contribution in [3.63, 3.8) is 0 Å². The van der Waals surface area contributed by atoms with E-state index < -0.39 is 0 Å². The van der Waals surface area contributed by atoms with Crippen LogP contribution < -0.4 is 10.2 Å². The van der Waals surface area contributed by atoms with Crippen LogP contribution in [0.3, 0.4) is 0 Å². The number of hydrogen-bond donors (Lipinski definition) is 1. The largest absolute Gasteiger partial charge is 0.372 e. The molecule has 0 bridgehead atoms. The second-order valence-electron chi connectivity index (χ2n) is 8.15. The maximum absolute atomic E-state index is 12.4. The van der Waals surface area contributed by atoms with Crippen LogP contribution in [0.1, 0.15) is 55.0 Å². The van der Waals surface area contributed by atoms with Gasteiger partial charge in [-0.05, 0) is 73.9 Å². The van der Waals surface area contributed by atoms with Gasteiger partial charge in [-0.2, -0.15) is 0 Å². The lowest BCUT2D eigenvalue weighted by Gasteiger charge is -2.32. The van der Waals surface area contributed by atoms with Gasteiger partial charge in [0, 0.05) is 18.8 Å². The molecule has 3 nitrogen and oxygen atoms in total. The van der Waals surface area contributed by atoms with Crippen molar-refractivity contribution in [2.75, 3.05) is 18.0 Å². The minimum absolute atomic E-state index is 0.0134. The monoisotopic (exact) mass is 364 g/mol. The van der Waals surface area contributed by atoms with Crippen LogP contribution in [-0.2, 0) is 11.2 Å². The van der Waals surface area contributed by atoms with E-state index in [-0.39, 0.29) is 11.9 Å². The van der Waals surface area contributed by atoms with Crippen LogP contribution in [0.4, 0.5) is 5.69 Å². The molecule has 1 N–H and O–H groups in total. The molecule has 0 radical (unpaired) electrons. The number of nitrogens with one attached hydrogen (secondary N) is 1. The topological polar surface area (TPSA) is 32.3 Å². The molecule has 1 aliphatic heterocycles. The van der Waals surface area contributed by atoms with E-state index in [1.165, 1.54) is 29.7 Å². The van der Waals surface area contributed by atoms with Crippen LogP contribution in [0.15, 0.2) is 42.5 Å². The Morgan fingerprint density at radius 2 is 1.74 bits per heavy atom. The maximum Gasteiger partial charge on any atom is 0.224 e. The Bertz CT molecular complexity index is 773. The Kier molecular flexibility index (Phi) is 6.20. The van der Waals surface area contributed by atoms with Gasteiger partial charge in [0.25, 0.3) is 0 Å². The quantitative estimate of drug-likeness (QED) is 0.813. The number of nitrogens with zero attached hydrogens (tertiary/aromatic N) is 1. The summed E-state index contributed by atoms with van der Waals surface area (Å²) >= 11 is 0. The van der Waals surface area contributed by atoms with Gasteiger partial charge in [-0.1, -0.05) is 37.3 Å². The van der Waals surface area contributed by atoms with E-state index in [0.717, 1.165) is 30.1 Å². The van der Waals surface area contributed by atoms with Crippen molar-refractivity contribution in [2.24, 2.45) is 5.92 Å². The van der Waals surface area contributed by atoms with Gasteiger partial charge in [0.05, 0.1) is 12.5 Å². The first kappa shape index (κ1) is 19.5. The van der Waals surface area contributed by atoms with Gasteiger partial charge < -0.3 is 10.2 Å². The number of aryl methyl sites for hydroxylation is 2. The van der Waals surface area contributed by atoms with Crippen molar-refractivity contribution in [2.45, 2.75) is 53.0 Å². The fourth-order valence-electron chi connectivity index (χ4n) is 3.72. The molecule has 0 saturated carbocycles. The molecule has 0 spiro atoms. The molecule has 144 valence electrons. The minimum Gasteiger partial charge on any atom is -0.372 e. The van der Waals surface area contributed by atoms with E-state index in [0.29, 0.717) is 6.42 Å². The van der Waals surface area contributed by atoms with Crippen molar-refractivity contribution >= 4 is 11.6 Å². The summed E-state index contributed by atoms with van der Waals surface area (Å²) < 4.78 is 0. The zero-order valence-corrected chi connectivity index (χ0v) is 17.1. The number of piperidine rings is 1. The number of carbonyl (C=O) groups is 1. The van der Waals surface area contributed by atoms with Gasteiger partial charge in [-0.15, -0.1) is 0 Å². The molecule has 1 heterocycles. The number of amides is 1. The van der Waals surface area contributed by atoms with Gasteiger partial charge in [0.2, 0.25) is 5.91 Å². The first-order chi connectivity index (χ1) is 12.9. The predicted molar refractivity (Wildman–Crippen MR) is 113 cm³/mol. The third-order valence-corrected chi connectivity index (χ3v) is 5.86. The average molecular weight is 365 g/mol. The van der Waals surface area contributed by atoms with Gasteiger partial charge in [0.15, 0.2) is 0 Å². The SMILES string of the molecule is Cc1ccc(CC(=O)N[C@@H](C)c2ccc(N3CCC(C)CC3)cc2)cc1C. The van der Waals surface area contributed by atoms with Gasteiger partial charge in [0.1, 0.15) is 0 Å². The number of rotatable bonds is 5. The Labute approximate surface area is 163 Å². The highest BCUT2D eigenvalue weighted by molar-refractivity contribution is 5.79. The normalized spacial score (nSPS) is 16.2. The summed E-state index contributed by atoms with van der Waals surface area (Å²) in [4.78, 5) is 14.9. The molecule has 1 aliphatic rings. The molecule has 1 atom stereocenters. The molecule has 0 unspecified atom stereocenters. The summed E-state index contributed by atoms with van der Waals surface area (Å²) in [6, 6.07) is 14.9. The zero-order chi connectivity index (χ0) is 19.4. The average Bonchev–Trinajstić information content (AvgIpc) is 2.65. The number of hydrogen-bond acceptors (Lipinski definition) is 2. The highest BCUT2D eigenvalue weighted by atomic mass is 16.1. The molecule has 1 amide bonds. The van der Waals surface area contributed by atoms with E-state index in [9.17, 15) is 4.79 Å². The lowest BCUT2D eigenvalue weighted by molar-refractivity contribution is -0.121. The summed E-state index contributed by atoms with van der Waals surface area (Å²) in [6.07, 6.45) is 2.97. The lowest BCUT2D eigenvalue weighted by atomic mass is 9.98. The van der Waals surface area contributed by atoms with Gasteiger partial charge in [-0.25, -0.2) is 0 Å². The van der Waals surface area contributed by atoms with E-state index >= 15 is 0 Å². The maximum atomic E-state index is 12.4. The van der Waals surface area contributed by atoms with E-state index in [2.05, 4.69) is 74.3 Å². The van der Waals surface area contributed by atoms with E-state index in [4.69, 9.17) is 0 Å². The fourth-order valence-corrected chi connectivity index (χ4v) is 3.72. The molecule has 27 heavy (non-hydrogen) atoms. The highest BCUT2D eigenvalue weighted by Gasteiger charge is 2.16. The van der Waals surface area contributed by atoms with Crippen LogP contribution in [0.5, 0.6) is 0 Å². The Balaban J connectivity index is 1.56. The zero-order valence-electron chi connectivity index (χ0n) is 17.1. The van der Waals surface area contributed by atoms with Crippen molar-refractivity contribution < 1.29 is 4.79 Å². The van der Waals surface area contributed by atoms with Crippen LogP contribution >= 0.6 is 0 Å². The third kappa shape index (κ3) is 5.12. The number of benzene rings is 2. The van der Waals surface area contributed by atoms with Crippen molar-refractivity contribution in [1.82, 2.24) is 5.32 Å². The summed E-state index contributed by atoms with van der Waals surface area (Å²) in [5.41, 5.74) is 6.00. The number of anilines is 1. The molecular weight excluding hydrogens is 332 g/mol. The van der Waals surface area contributed by atoms with Crippen molar-refractivity contribution in [1.29, 1.82) is 0 Å². The summed E-state index contributed by atoms with van der Waals surface area (Å²) in [6.45, 7) is 10.9. The standard InChI is InChI=1S/C24H32N2O/c1-17-11-13-26(14-12-17)23-9-7-22(8-10-23)20(4)25-24(27)16-21-6-5-18(2)19(3)15-21/h5-10,15,17,20H,11-14,16H2,1-4H3,(H,25,27)/t20-/m0/s1. The summed E-state index contributed by atoms with van der Waals surface area (Å²) in [7, 11) is 0.